The topological polar surface area (TPSA) is 75.7 Å². The van der Waals surface area contributed by atoms with E-state index in [0.29, 0.717) is 36.5 Å². The van der Waals surface area contributed by atoms with Crippen LogP contribution in [0.1, 0.15) is 28.8 Å². The van der Waals surface area contributed by atoms with E-state index in [2.05, 4.69) is 5.32 Å². The molecule has 2 aromatic carbocycles. The summed E-state index contributed by atoms with van der Waals surface area (Å²) in [5.74, 6) is 0.524. The molecule has 3 rings (SSSR count). The average Bonchev–Trinajstić information content (AvgIpc) is 2.66. The Morgan fingerprint density at radius 3 is 2.74 bits per heavy atom. The van der Waals surface area contributed by atoms with Crippen LogP contribution in [0.3, 0.4) is 0 Å². The summed E-state index contributed by atoms with van der Waals surface area (Å²) in [4.78, 5) is 12.4. The highest BCUT2D eigenvalue weighted by Crippen LogP contribution is 2.28. The molecule has 1 aliphatic rings. The SMILES string of the molecule is COc1cccc(CNC(=O)c2ccc(N3CCCCS3(=O)=O)cc2Cl)c1. The number of halogens is 1. The number of benzene rings is 2. The molecule has 0 saturated carbocycles. The molecule has 1 N–H and O–H groups in total. The molecule has 27 heavy (non-hydrogen) atoms. The maximum atomic E-state index is 12.4. The van der Waals surface area contributed by atoms with E-state index in [0.717, 1.165) is 12.0 Å². The minimum absolute atomic E-state index is 0.132. The summed E-state index contributed by atoms with van der Waals surface area (Å²) in [6, 6.07) is 12.1. The van der Waals surface area contributed by atoms with Gasteiger partial charge in [0.05, 0.1) is 29.1 Å². The first-order valence-corrected chi connectivity index (χ1v) is 10.6. The van der Waals surface area contributed by atoms with Gasteiger partial charge in [-0.25, -0.2) is 8.42 Å². The van der Waals surface area contributed by atoms with E-state index < -0.39 is 10.0 Å². The van der Waals surface area contributed by atoms with Gasteiger partial charge in [-0.1, -0.05) is 23.7 Å². The molecule has 0 radical (unpaired) electrons. The van der Waals surface area contributed by atoms with Crippen LogP contribution in [-0.4, -0.2) is 33.7 Å². The van der Waals surface area contributed by atoms with Crippen molar-refractivity contribution in [3.05, 3.63) is 58.6 Å². The second-order valence-electron chi connectivity index (χ2n) is 6.29. The van der Waals surface area contributed by atoms with Crippen LogP contribution in [0.4, 0.5) is 5.69 Å². The van der Waals surface area contributed by atoms with Gasteiger partial charge < -0.3 is 10.1 Å². The number of anilines is 1. The maximum absolute atomic E-state index is 12.4. The summed E-state index contributed by atoms with van der Waals surface area (Å²) in [5, 5.41) is 3.03. The first-order valence-electron chi connectivity index (χ1n) is 8.62. The number of methoxy groups -OCH3 is 1. The van der Waals surface area contributed by atoms with Crippen LogP contribution in [-0.2, 0) is 16.6 Å². The van der Waals surface area contributed by atoms with Crippen molar-refractivity contribution in [1.29, 1.82) is 0 Å². The molecule has 6 nitrogen and oxygen atoms in total. The number of ether oxygens (including phenoxy) is 1. The number of sulfonamides is 1. The van der Waals surface area contributed by atoms with Crippen molar-refractivity contribution in [2.24, 2.45) is 0 Å². The molecule has 1 fully saturated rings. The van der Waals surface area contributed by atoms with E-state index in [-0.39, 0.29) is 16.7 Å². The summed E-state index contributed by atoms with van der Waals surface area (Å²) < 4.78 is 31.0. The van der Waals surface area contributed by atoms with E-state index in [1.807, 2.05) is 24.3 Å². The van der Waals surface area contributed by atoms with E-state index in [4.69, 9.17) is 16.3 Å². The number of carbonyl (C=O) groups is 1. The molecule has 1 saturated heterocycles. The van der Waals surface area contributed by atoms with Crippen LogP contribution in [0.25, 0.3) is 0 Å². The number of amides is 1. The largest absolute Gasteiger partial charge is 0.497 e. The Hall–Kier alpha value is -2.25. The minimum atomic E-state index is -3.32. The number of hydrogen-bond acceptors (Lipinski definition) is 4. The molecule has 0 atom stereocenters. The fraction of sp³-hybridized carbons (Fsp3) is 0.316. The van der Waals surface area contributed by atoms with Crippen LogP contribution in [0.15, 0.2) is 42.5 Å². The Morgan fingerprint density at radius 1 is 1.22 bits per heavy atom. The molecule has 0 bridgehead atoms. The molecule has 0 aromatic heterocycles. The summed E-state index contributed by atoms with van der Waals surface area (Å²) in [6.45, 7) is 0.759. The zero-order valence-electron chi connectivity index (χ0n) is 14.9. The van der Waals surface area contributed by atoms with Crippen molar-refractivity contribution in [2.75, 3.05) is 23.7 Å². The van der Waals surface area contributed by atoms with Crippen molar-refractivity contribution in [1.82, 2.24) is 5.32 Å². The number of nitrogens with zero attached hydrogens (tertiary/aromatic N) is 1. The Labute approximate surface area is 164 Å². The highest BCUT2D eigenvalue weighted by Gasteiger charge is 2.26. The van der Waals surface area contributed by atoms with Crippen molar-refractivity contribution in [3.8, 4) is 5.75 Å². The van der Waals surface area contributed by atoms with Crippen molar-refractivity contribution >= 4 is 33.2 Å². The van der Waals surface area contributed by atoms with Crippen LogP contribution in [0, 0.1) is 0 Å². The summed E-state index contributed by atoms with van der Waals surface area (Å²) >= 11 is 6.26. The molecule has 0 unspecified atom stereocenters. The molecule has 1 amide bonds. The number of hydrogen-bond donors (Lipinski definition) is 1. The normalized spacial score (nSPS) is 16.0. The summed E-state index contributed by atoms with van der Waals surface area (Å²) in [5.41, 5.74) is 1.69. The van der Waals surface area contributed by atoms with Crippen LogP contribution in [0.5, 0.6) is 5.75 Å². The van der Waals surface area contributed by atoms with E-state index in [9.17, 15) is 13.2 Å². The number of carbonyl (C=O) groups excluding carboxylic acids is 1. The summed E-state index contributed by atoms with van der Waals surface area (Å²) in [6.07, 6.45) is 1.47. The fourth-order valence-electron chi connectivity index (χ4n) is 2.98. The predicted molar refractivity (Wildman–Crippen MR) is 106 cm³/mol. The second-order valence-corrected chi connectivity index (χ2v) is 8.71. The van der Waals surface area contributed by atoms with Gasteiger partial charge in [0.25, 0.3) is 5.91 Å². The smallest absolute Gasteiger partial charge is 0.253 e. The third-order valence-corrected chi connectivity index (χ3v) is 6.60. The minimum Gasteiger partial charge on any atom is -0.497 e. The third-order valence-electron chi connectivity index (χ3n) is 4.42. The first-order chi connectivity index (χ1) is 12.9. The van der Waals surface area contributed by atoms with Gasteiger partial charge in [0.2, 0.25) is 10.0 Å². The molecule has 2 aromatic rings. The second kappa shape index (κ2) is 8.19. The van der Waals surface area contributed by atoms with Gasteiger partial charge in [-0.05, 0) is 48.7 Å². The van der Waals surface area contributed by atoms with Crippen LogP contribution >= 0.6 is 11.6 Å². The number of rotatable bonds is 5. The fourth-order valence-corrected chi connectivity index (χ4v) is 4.87. The molecule has 144 valence electrons. The summed E-state index contributed by atoms with van der Waals surface area (Å²) in [7, 11) is -1.73. The molecule has 1 heterocycles. The maximum Gasteiger partial charge on any atom is 0.253 e. The molecular weight excluding hydrogens is 388 g/mol. The van der Waals surface area contributed by atoms with Gasteiger partial charge in [-0.2, -0.15) is 0 Å². The van der Waals surface area contributed by atoms with E-state index in [1.165, 1.54) is 10.4 Å². The Bertz CT molecular complexity index is 946. The zero-order chi connectivity index (χ0) is 19.4. The first kappa shape index (κ1) is 19.5. The quantitative estimate of drug-likeness (QED) is 0.824. The van der Waals surface area contributed by atoms with Crippen molar-refractivity contribution in [3.63, 3.8) is 0 Å². The molecule has 0 spiro atoms. The highest BCUT2D eigenvalue weighted by atomic mass is 35.5. The zero-order valence-corrected chi connectivity index (χ0v) is 16.5. The lowest BCUT2D eigenvalue weighted by molar-refractivity contribution is 0.0951. The highest BCUT2D eigenvalue weighted by molar-refractivity contribution is 7.92. The van der Waals surface area contributed by atoms with Gasteiger partial charge >= 0.3 is 0 Å². The lowest BCUT2D eigenvalue weighted by Gasteiger charge is -2.28. The monoisotopic (exact) mass is 408 g/mol. The molecule has 8 heteroatoms. The van der Waals surface area contributed by atoms with Gasteiger partial charge in [0.1, 0.15) is 5.75 Å². The Morgan fingerprint density at radius 2 is 2.04 bits per heavy atom. The van der Waals surface area contributed by atoms with E-state index >= 15 is 0 Å². The Kier molecular flexibility index (Phi) is 5.92. The predicted octanol–water partition coefficient (Wildman–Crippen LogP) is 3.21. The standard InChI is InChI=1S/C19H21ClN2O4S/c1-26-16-6-4-5-14(11-16)13-21-19(23)17-8-7-15(12-18(17)20)22-9-2-3-10-27(22,24)25/h4-8,11-12H,2-3,9-10,13H2,1H3,(H,21,23). The van der Waals surface area contributed by atoms with E-state index in [1.54, 1.807) is 19.2 Å². The third kappa shape index (κ3) is 4.54. The van der Waals surface area contributed by atoms with Crippen LogP contribution < -0.4 is 14.4 Å². The van der Waals surface area contributed by atoms with Gasteiger partial charge in [0.15, 0.2) is 0 Å². The average molecular weight is 409 g/mol. The van der Waals surface area contributed by atoms with Gasteiger partial charge in [0, 0.05) is 13.1 Å². The molecule has 1 aliphatic heterocycles. The Balaban J connectivity index is 1.72. The lowest BCUT2D eigenvalue weighted by Crippen LogP contribution is -2.37. The molecule has 0 aliphatic carbocycles. The number of nitrogens with one attached hydrogen (secondary N) is 1. The van der Waals surface area contributed by atoms with Gasteiger partial charge in [-0.15, -0.1) is 0 Å². The van der Waals surface area contributed by atoms with Crippen LogP contribution in [0.2, 0.25) is 5.02 Å². The van der Waals surface area contributed by atoms with Crippen molar-refractivity contribution < 1.29 is 17.9 Å². The molecular formula is C19H21ClN2O4S. The van der Waals surface area contributed by atoms with Gasteiger partial charge in [-0.3, -0.25) is 9.10 Å². The van der Waals surface area contributed by atoms with Crippen molar-refractivity contribution in [2.45, 2.75) is 19.4 Å². The lowest BCUT2D eigenvalue weighted by atomic mass is 10.1.